The van der Waals surface area contributed by atoms with Gasteiger partial charge in [0.15, 0.2) is 0 Å². The Morgan fingerprint density at radius 3 is 2.32 bits per heavy atom. The molecule has 0 saturated carbocycles. The van der Waals surface area contributed by atoms with Gasteiger partial charge in [-0.3, -0.25) is 20.2 Å². The first kappa shape index (κ1) is 15.9. The normalized spacial score (nSPS) is 16.2. The fraction of sp³-hybridized carbons (Fsp3) is 0.353. The molecule has 5 nitrogen and oxygen atoms in total. The molecule has 0 radical (unpaired) electrons. The lowest BCUT2D eigenvalue weighted by molar-refractivity contribution is -0.140. The molecule has 1 fully saturated rings. The summed E-state index contributed by atoms with van der Waals surface area (Å²) in [7, 11) is 0. The smallest absolute Gasteiger partial charge is 0.277 e. The fourth-order valence-electron chi connectivity index (χ4n) is 2.89. The molecule has 0 unspecified atom stereocenters. The third-order valence-electron chi connectivity index (χ3n) is 3.81. The zero-order chi connectivity index (χ0) is 16.3. The number of allylic oxidation sites excluding steroid dienone is 1. The van der Waals surface area contributed by atoms with Crippen LogP contribution in [0.1, 0.15) is 25.0 Å². The van der Waals surface area contributed by atoms with Crippen molar-refractivity contribution in [2.24, 2.45) is 11.3 Å². The molecule has 1 aromatic rings. The number of carbonyl (C=O) groups excluding carboxylic acids is 3. The molecule has 0 aliphatic carbocycles. The number of carbonyl (C=O) groups is 3. The molecule has 1 aliphatic heterocycles. The van der Waals surface area contributed by atoms with Crippen LogP contribution in [0.15, 0.2) is 36.9 Å². The van der Waals surface area contributed by atoms with Gasteiger partial charge >= 0.3 is 6.03 Å². The largest absolute Gasteiger partial charge is 0.328 e. The van der Waals surface area contributed by atoms with Crippen molar-refractivity contribution in [1.82, 2.24) is 10.6 Å². The number of benzene rings is 1. The van der Waals surface area contributed by atoms with Crippen molar-refractivity contribution in [3.63, 3.8) is 0 Å². The van der Waals surface area contributed by atoms with Crippen molar-refractivity contribution in [2.75, 3.05) is 0 Å². The van der Waals surface area contributed by atoms with E-state index in [4.69, 9.17) is 0 Å². The third kappa shape index (κ3) is 3.42. The van der Waals surface area contributed by atoms with E-state index < -0.39 is 29.2 Å². The van der Waals surface area contributed by atoms with Gasteiger partial charge in [-0.2, -0.15) is 0 Å². The van der Waals surface area contributed by atoms with Gasteiger partial charge in [0.2, 0.25) is 11.8 Å². The van der Waals surface area contributed by atoms with Crippen LogP contribution in [0, 0.1) is 11.3 Å². The van der Waals surface area contributed by atoms with Gasteiger partial charge in [-0.1, -0.05) is 44.2 Å². The number of rotatable bonds is 5. The molecule has 1 aliphatic rings. The Kier molecular flexibility index (Phi) is 4.45. The molecular formula is C17H20N2O3. The summed E-state index contributed by atoms with van der Waals surface area (Å²) in [5, 5.41) is 4.32. The quantitative estimate of drug-likeness (QED) is 0.645. The molecule has 116 valence electrons. The average molecular weight is 300 g/mol. The summed E-state index contributed by atoms with van der Waals surface area (Å²) in [6, 6.07) is 7.23. The monoisotopic (exact) mass is 300 g/mol. The van der Waals surface area contributed by atoms with Gasteiger partial charge in [0, 0.05) is 0 Å². The number of hydrogen-bond acceptors (Lipinski definition) is 3. The number of nitrogens with one attached hydrogen (secondary N) is 2. The SMILES string of the molecule is C=CCc1cccc(CC(C)(C)C2C(=O)NC(=O)NC2=O)c1. The Bertz CT molecular complexity index is 615. The zero-order valence-corrected chi connectivity index (χ0v) is 12.8. The lowest BCUT2D eigenvalue weighted by Crippen LogP contribution is -2.59. The molecule has 2 rings (SSSR count). The van der Waals surface area contributed by atoms with Gasteiger partial charge in [-0.25, -0.2) is 4.79 Å². The zero-order valence-electron chi connectivity index (χ0n) is 12.8. The molecular weight excluding hydrogens is 280 g/mol. The van der Waals surface area contributed by atoms with Gasteiger partial charge in [-0.05, 0) is 29.4 Å². The predicted octanol–water partition coefficient (Wildman–Crippen LogP) is 1.97. The summed E-state index contributed by atoms with van der Waals surface area (Å²) in [5.74, 6) is -1.98. The number of urea groups is 1. The Balaban J connectivity index is 2.21. The molecule has 0 aromatic heterocycles. The molecule has 4 amide bonds. The van der Waals surface area contributed by atoms with Gasteiger partial charge in [0.25, 0.3) is 0 Å². The Hall–Kier alpha value is -2.43. The minimum absolute atomic E-state index is 0.541. The van der Waals surface area contributed by atoms with Gasteiger partial charge in [-0.15, -0.1) is 6.58 Å². The summed E-state index contributed by atoms with van der Waals surface area (Å²) in [5.41, 5.74) is 1.57. The van der Waals surface area contributed by atoms with Crippen LogP contribution in [0.2, 0.25) is 0 Å². The van der Waals surface area contributed by atoms with Crippen molar-refractivity contribution in [3.05, 3.63) is 48.0 Å². The van der Waals surface area contributed by atoms with Crippen LogP contribution in [0.25, 0.3) is 0 Å². The van der Waals surface area contributed by atoms with E-state index in [-0.39, 0.29) is 0 Å². The first-order valence-corrected chi connectivity index (χ1v) is 7.18. The van der Waals surface area contributed by atoms with Crippen molar-refractivity contribution in [1.29, 1.82) is 0 Å². The van der Waals surface area contributed by atoms with Crippen molar-refractivity contribution < 1.29 is 14.4 Å². The van der Waals surface area contributed by atoms with Crippen LogP contribution in [-0.2, 0) is 22.4 Å². The van der Waals surface area contributed by atoms with E-state index in [0.29, 0.717) is 6.42 Å². The number of hydrogen-bond donors (Lipinski definition) is 2. The van der Waals surface area contributed by atoms with Crippen LogP contribution >= 0.6 is 0 Å². The maximum Gasteiger partial charge on any atom is 0.328 e. The summed E-state index contributed by atoms with van der Waals surface area (Å²) in [4.78, 5) is 35.2. The highest BCUT2D eigenvalue weighted by Crippen LogP contribution is 2.33. The summed E-state index contributed by atoms with van der Waals surface area (Å²) in [6.07, 6.45) is 3.16. The van der Waals surface area contributed by atoms with Crippen molar-refractivity contribution in [3.8, 4) is 0 Å². The minimum Gasteiger partial charge on any atom is -0.277 e. The summed E-state index contributed by atoms with van der Waals surface area (Å²) >= 11 is 0. The Labute approximate surface area is 129 Å². The molecule has 0 atom stereocenters. The molecule has 1 saturated heterocycles. The van der Waals surface area contributed by atoms with Crippen molar-refractivity contribution in [2.45, 2.75) is 26.7 Å². The second kappa shape index (κ2) is 6.13. The molecule has 2 N–H and O–H groups in total. The number of imide groups is 2. The topological polar surface area (TPSA) is 75.3 Å². The second-order valence-electron chi connectivity index (χ2n) is 6.22. The molecule has 0 spiro atoms. The molecule has 0 bridgehead atoms. The van der Waals surface area contributed by atoms with Crippen LogP contribution in [0.5, 0.6) is 0 Å². The van der Waals surface area contributed by atoms with E-state index in [9.17, 15) is 14.4 Å². The van der Waals surface area contributed by atoms with E-state index >= 15 is 0 Å². The molecule has 5 heteroatoms. The maximum atomic E-state index is 12.0. The first-order chi connectivity index (χ1) is 10.3. The van der Waals surface area contributed by atoms with E-state index in [1.165, 1.54) is 0 Å². The highest BCUT2D eigenvalue weighted by Gasteiger charge is 2.44. The first-order valence-electron chi connectivity index (χ1n) is 7.18. The fourth-order valence-corrected chi connectivity index (χ4v) is 2.89. The maximum absolute atomic E-state index is 12.0. The Morgan fingerprint density at radius 2 is 1.73 bits per heavy atom. The Morgan fingerprint density at radius 1 is 1.14 bits per heavy atom. The van der Waals surface area contributed by atoms with Crippen LogP contribution in [0.3, 0.4) is 0 Å². The van der Waals surface area contributed by atoms with Crippen LogP contribution in [-0.4, -0.2) is 17.8 Å². The van der Waals surface area contributed by atoms with Gasteiger partial charge in [0.05, 0.1) is 0 Å². The van der Waals surface area contributed by atoms with E-state index in [0.717, 1.165) is 17.5 Å². The van der Waals surface area contributed by atoms with Gasteiger partial charge in [0.1, 0.15) is 5.92 Å². The highest BCUT2D eigenvalue weighted by atomic mass is 16.2. The molecule has 1 aromatic carbocycles. The number of amides is 4. The minimum atomic E-state index is -0.895. The lowest BCUT2D eigenvalue weighted by Gasteiger charge is -2.34. The van der Waals surface area contributed by atoms with Crippen LogP contribution in [0.4, 0.5) is 4.79 Å². The standard InChI is InChI=1S/C17H20N2O3/c1-4-6-11-7-5-8-12(9-11)10-17(2,3)13-14(20)18-16(22)19-15(13)21/h4-5,7-9,13H,1,6,10H2,2-3H3,(H2,18,19,20,21,22). The van der Waals surface area contributed by atoms with Crippen LogP contribution < -0.4 is 10.6 Å². The second-order valence-corrected chi connectivity index (χ2v) is 6.22. The predicted molar refractivity (Wildman–Crippen MR) is 83.0 cm³/mol. The highest BCUT2D eigenvalue weighted by molar-refractivity contribution is 6.16. The average Bonchev–Trinajstić information content (AvgIpc) is 2.36. The van der Waals surface area contributed by atoms with Gasteiger partial charge < -0.3 is 0 Å². The lowest BCUT2D eigenvalue weighted by atomic mass is 9.72. The van der Waals surface area contributed by atoms with Crippen molar-refractivity contribution >= 4 is 17.8 Å². The summed E-state index contributed by atoms with van der Waals surface area (Å²) < 4.78 is 0. The van der Waals surface area contributed by atoms with E-state index in [1.54, 1.807) is 0 Å². The van der Waals surface area contributed by atoms with E-state index in [2.05, 4.69) is 17.2 Å². The molecule has 22 heavy (non-hydrogen) atoms. The summed E-state index contributed by atoms with van der Waals surface area (Å²) in [6.45, 7) is 7.43. The van der Waals surface area contributed by atoms with E-state index in [1.807, 2.05) is 44.2 Å². The molecule has 1 heterocycles. The number of barbiturate groups is 1. The third-order valence-corrected chi connectivity index (χ3v) is 3.81.